The summed E-state index contributed by atoms with van der Waals surface area (Å²) in [7, 11) is 1.41. The van der Waals surface area contributed by atoms with E-state index in [1.165, 1.54) is 12.7 Å². The molecule has 1 N–H and O–H groups in total. The average molecular weight is 331 g/mol. The van der Waals surface area contributed by atoms with E-state index in [0.717, 1.165) is 27.7 Å². The number of hydrogen-bond donors (Lipinski definition) is 1. The average Bonchev–Trinajstić information content (AvgIpc) is 2.64. The number of methoxy groups -OCH3 is 1. The van der Waals surface area contributed by atoms with Crippen LogP contribution < -0.4 is 5.32 Å². The Balaban J connectivity index is 2.13. The molecule has 0 radical (unpaired) electrons. The molecule has 126 valence electrons. The number of anilines is 1. The number of benzene rings is 3. The highest BCUT2D eigenvalue weighted by molar-refractivity contribution is 6.21. The molecule has 25 heavy (non-hydrogen) atoms. The molecule has 0 bridgehead atoms. The Bertz CT molecular complexity index is 934. The minimum Gasteiger partial charge on any atom is -0.465 e. The van der Waals surface area contributed by atoms with Gasteiger partial charge in [0.15, 0.2) is 0 Å². The van der Waals surface area contributed by atoms with Gasteiger partial charge < -0.3 is 10.1 Å². The molecule has 0 amide bonds. The fourth-order valence-electron chi connectivity index (χ4n) is 2.93. The van der Waals surface area contributed by atoms with Crippen molar-refractivity contribution in [2.24, 2.45) is 0 Å². The zero-order valence-electron chi connectivity index (χ0n) is 14.7. The van der Waals surface area contributed by atoms with E-state index in [2.05, 4.69) is 5.32 Å². The van der Waals surface area contributed by atoms with Gasteiger partial charge in [0.05, 0.1) is 12.7 Å². The zero-order valence-corrected chi connectivity index (χ0v) is 14.7. The topological polar surface area (TPSA) is 38.3 Å². The van der Waals surface area contributed by atoms with Crippen LogP contribution in [-0.2, 0) is 9.53 Å². The minimum atomic E-state index is -0.353. The first-order valence-corrected chi connectivity index (χ1v) is 8.21. The fraction of sp³-hybridized carbons (Fsp3) is 0.136. The lowest BCUT2D eigenvalue weighted by Crippen LogP contribution is -2.10. The third-order valence-electron chi connectivity index (χ3n) is 4.21. The number of allylic oxidation sites excluding steroid dienone is 1. The molecule has 0 saturated heterocycles. The first kappa shape index (κ1) is 16.8. The number of rotatable bonds is 4. The second-order valence-corrected chi connectivity index (χ2v) is 6.01. The summed E-state index contributed by atoms with van der Waals surface area (Å²) in [6.07, 6.45) is 0. The monoisotopic (exact) mass is 331 g/mol. The first-order valence-electron chi connectivity index (χ1n) is 8.21. The highest BCUT2D eigenvalue weighted by Gasteiger charge is 2.18. The summed E-state index contributed by atoms with van der Waals surface area (Å²) >= 11 is 0. The predicted molar refractivity (Wildman–Crippen MR) is 103 cm³/mol. The van der Waals surface area contributed by atoms with Crippen LogP contribution in [0.1, 0.15) is 18.1 Å². The largest absolute Gasteiger partial charge is 0.465 e. The summed E-state index contributed by atoms with van der Waals surface area (Å²) in [6, 6.07) is 22.0. The van der Waals surface area contributed by atoms with E-state index >= 15 is 0 Å². The van der Waals surface area contributed by atoms with Gasteiger partial charge in [-0.1, -0.05) is 60.2 Å². The van der Waals surface area contributed by atoms with Gasteiger partial charge in [0, 0.05) is 11.4 Å². The van der Waals surface area contributed by atoms with E-state index in [1.807, 2.05) is 80.6 Å². The van der Waals surface area contributed by atoms with Crippen LogP contribution in [0.4, 0.5) is 5.69 Å². The molecule has 0 spiro atoms. The van der Waals surface area contributed by atoms with Gasteiger partial charge in [0.1, 0.15) is 0 Å². The van der Waals surface area contributed by atoms with Gasteiger partial charge in [-0.3, -0.25) is 0 Å². The summed E-state index contributed by atoms with van der Waals surface area (Å²) in [5, 5.41) is 5.44. The second-order valence-electron chi connectivity index (χ2n) is 6.01. The Labute approximate surface area is 147 Å². The number of ether oxygens (including phenoxy) is 1. The number of nitrogens with one attached hydrogen (secondary N) is 1. The van der Waals surface area contributed by atoms with Crippen LogP contribution in [0, 0.1) is 6.92 Å². The quantitative estimate of drug-likeness (QED) is 0.530. The number of carbonyl (C=O) groups excluding carboxylic acids is 1. The molecule has 3 nitrogen and oxygen atoms in total. The van der Waals surface area contributed by atoms with Crippen LogP contribution in [0.15, 0.2) is 72.4 Å². The molecule has 0 aliphatic rings. The Hall–Kier alpha value is -3.07. The molecular weight excluding hydrogens is 310 g/mol. The van der Waals surface area contributed by atoms with Gasteiger partial charge >= 0.3 is 5.97 Å². The van der Waals surface area contributed by atoms with Crippen molar-refractivity contribution in [2.45, 2.75) is 13.8 Å². The molecule has 0 aliphatic carbocycles. The lowest BCUT2D eigenvalue weighted by molar-refractivity contribution is -0.133. The lowest BCUT2D eigenvalue weighted by atomic mass is 9.97. The van der Waals surface area contributed by atoms with Crippen LogP contribution in [0.2, 0.25) is 0 Å². The molecule has 0 saturated carbocycles. The van der Waals surface area contributed by atoms with Gasteiger partial charge in [0.2, 0.25) is 0 Å². The Kier molecular flexibility index (Phi) is 4.85. The maximum absolute atomic E-state index is 12.5. The Morgan fingerprint density at radius 2 is 1.60 bits per heavy atom. The lowest BCUT2D eigenvalue weighted by Gasteiger charge is -2.15. The second kappa shape index (κ2) is 7.22. The molecule has 0 aliphatic heterocycles. The highest BCUT2D eigenvalue weighted by Crippen LogP contribution is 2.29. The fourth-order valence-corrected chi connectivity index (χ4v) is 2.93. The van der Waals surface area contributed by atoms with Crippen molar-refractivity contribution in [2.75, 3.05) is 12.4 Å². The molecular formula is C22H21NO2. The van der Waals surface area contributed by atoms with Crippen LogP contribution in [0.3, 0.4) is 0 Å². The van der Waals surface area contributed by atoms with Crippen molar-refractivity contribution in [3.05, 3.63) is 83.6 Å². The van der Waals surface area contributed by atoms with E-state index in [-0.39, 0.29) is 5.97 Å². The van der Waals surface area contributed by atoms with Gasteiger partial charge in [-0.15, -0.1) is 0 Å². The third kappa shape index (κ3) is 3.56. The van der Waals surface area contributed by atoms with Gasteiger partial charge in [-0.2, -0.15) is 0 Å². The summed E-state index contributed by atoms with van der Waals surface area (Å²) in [6.45, 7) is 3.94. The molecule has 0 aromatic heterocycles. The first-order chi connectivity index (χ1) is 12.1. The van der Waals surface area contributed by atoms with Gasteiger partial charge in [-0.25, -0.2) is 4.79 Å². The van der Waals surface area contributed by atoms with Crippen molar-refractivity contribution in [3.63, 3.8) is 0 Å². The molecule has 0 atom stereocenters. The van der Waals surface area contributed by atoms with E-state index in [1.54, 1.807) is 0 Å². The standard InChI is InChI=1S/C22H21NO2/c1-15-11-13-18(14-12-15)23-16(2)21(22(24)25-3)20-10-6-8-17-7-4-5-9-19(17)20/h4-14,23H,1-3H3/b21-16-. The number of esters is 1. The minimum absolute atomic E-state index is 0.353. The number of fused-ring (bicyclic) bond motifs is 1. The number of aryl methyl sites for hydroxylation is 1. The van der Waals surface area contributed by atoms with Crippen molar-refractivity contribution >= 4 is 28.0 Å². The van der Waals surface area contributed by atoms with Gasteiger partial charge in [0.25, 0.3) is 0 Å². The predicted octanol–water partition coefficient (Wildman–Crippen LogP) is 5.16. The summed E-state index contributed by atoms with van der Waals surface area (Å²) in [4.78, 5) is 12.5. The summed E-state index contributed by atoms with van der Waals surface area (Å²) < 4.78 is 5.06. The maximum atomic E-state index is 12.5. The number of carbonyl (C=O) groups is 1. The molecule has 0 heterocycles. The Morgan fingerprint density at radius 1 is 0.920 bits per heavy atom. The van der Waals surface area contributed by atoms with Crippen molar-refractivity contribution in [1.29, 1.82) is 0 Å². The number of hydrogen-bond acceptors (Lipinski definition) is 3. The smallest absolute Gasteiger partial charge is 0.340 e. The molecule has 3 heteroatoms. The molecule has 0 fully saturated rings. The molecule has 0 unspecified atom stereocenters. The van der Waals surface area contributed by atoms with Crippen LogP contribution >= 0.6 is 0 Å². The highest BCUT2D eigenvalue weighted by atomic mass is 16.5. The van der Waals surface area contributed by atoms with Crippen molar-refractivity contribution < 1.29 is 9.53 Å². The summed E-state index contributed by atoms with van der Waals surface area (Å²) in [5.74, 6) is -0.353. The SMILES string of the molecule is COC(=O)/C(=C(/C)Nc1ccc(C)cc1)c1cccc2ccccc12. The molecule has 3 aromatic rings. The van der Waals surface area contributed by atoms with Crippen LogP contribution in [-0.4, -0.2) is 13.1 Å². The molecule has 3 aromatic carbocycles. The van der Waals surface area contributed by atoms with E-state index in [9.17, 15) is 4.79 Å². The summed E-state index contributed by atoms with van der Waals surface area (Å²) in [5.41, 5.74) is 4.29. The van der Waals surface area contributed by atoms with Crippen molar-refractivity contribution in [1.82, 2.24) is 0 Å². The zero-order chi connectivity index (χ0) is 17.8. The van der Waals surface area contributed by atoms with E-state index < -0.39 is 0 Å². The van der Waals surface area contributed by atoms with Crippen LogP contribution in [0.5, 0.6) is 0 Å². The van der Waals surface area contributed by atoms with Gasteiger partial charge in [-0.05, 0) is 42.3 Å². The molecule has 3 rings (SSSR count). The van der Waals surface area contributed by atoms with E-state index in [0.29, 0.717) is 5.57 Å². The maximum Gasteiger partial charge on any atom is 0.340 e. The normalized spacial score (nSPS) is 11.8. The van der Waals surface area contributed by atoms with Crippen LogP contribution in [0.25, 0.3) is 16.3 Å². The Morgan fingerprint density at radius 3 is 2.32 bits per heavy atom. The van der Waals surface area contributed by atoms with E-state index in [4.69, 9.17) is 4.74 Å². The van der Waals surface area contributed by atoms with Crippen molar-refractivity contribution in [3.8, 4) is 0 Å². The third-order valence-corrected chi connectivity index (χ3v) is 4.21.